The highest BCUT2D eigenvalue weighted by Gasteiger charge is 2.41. The maximum atomic E-state index is 12.6. The largest absolute Gasteiger partial charge is 0.384 e. The van der Waals surface area contributed by atoms with E-state index in [1.807, 2.05) is 29.1 Å². The van der Waals surface area contributed by atoms with Crippen molar-refractivity contribution in [2.24, 2.45) is 5.41 Å². The Labute approximate surface area is 135 Å². The fourth-order valence-corrected chi connectivity index (χ4v) is 2.95. The van der Waals surface area contributed by atoms with Gasteiger partial charge in [-0.1, -0.05) is 30.3 Å². The molecule has 1 amide bonds. The van der Waals surface area contributed by atoms with E-state index in [2.05, 4.69) is 27.9 Å². The number of ether oxygens (including phenoxy) is 1. The fraction of sp³-hybridized carbons (Fsp3) is 0.412. The van der Waals surface area contributed by atoms with E-state index in [4.69, 9.17) is 4.74 Å². The smallest absolute Gasteiger partial charge is 0.234 e. The number of carbonyl (C=O) groups is 1. The van der Waals surface area contributed by atoms with Crippen LogP contribution in [-0.4, -0.2) is 42.5 Å². The number of benzene rings is 1. The first-order chi connectivity index (χ1) is 11.2. The number of amides is 1. The molecule has 1 unspecified atom stereocenters. The molecule has 23 heavy (non-hydrogen) atoms. The number of aromatic nitrogens is 2. The number of nitrogens with one attached hydrogen (secondary N) is 2. The number of rotatable bonds is 6. The van der Waals surface area contributed by atoms with Crippen LogP contribution in [0.4, 0.5) is 5.69 Å². The molecular formula is C17H22N4O2. The topological polar surface area (TPSA) is 68.2 Å². The van der Waals surface area contributed by atoms with Gasteiger partial charge in [0, 0.05) is 19.9 Å². The summed E-state index contributed by atoms with van der Waals surface area (Å²) in [5.41, 5.74) is 1.40. The minimum Gasteiger partial charge on any atom is -0.384 e. The number of hydrogen-bond acceptors (Lipinski definition) is 4. The third-order valence-corrected chi connectivity index (χ3v) is 4.22. The number of nitrogens with zero attached hydrogens (tertiary/aromatic N) is 2. The molecule has 0 spiro atoms. The average Bonchev–Trinajstić information content (AvgIpc) is 3.19. The first-order valence-electron chi connectivity index (χ1n) is 7.79. The van der Waals surface area contributed by atoms with E-state index >= 15 is 0 Å². The highest BCUT2D eigenvalue weighted by molar-refractivity contribution is 5.95. The van der Waals surface area contributed by atoms with Crippen LogP contribution in [0.25, 0.3) is 0 Å². The van der Waals surface area contributed by atoms with Crippen LogP contribution in [0.1, 0.15) is 12.0 Å². The Morgan fingerprint density at radius 2 is 2.26 bits per heavy atom. The summed E-state index contributed by atoms with van der Waals surface area (Å²) in [5.74, 6) is -0.0105. The molecule has 0 aliphatic carbocycles. The van der Waals surface area contributed by atoms with Crippen molar-refractivity contribution in [1.29, 1.82) is 0 Å². The Bertz CT molecular complexity index is 648. The molecule has 0 radical (unpaired) electrons. The normalized spacial score (nSPS) is 20.6. The Balaban J connectivity index is 1.65. The van der Waals surface area contributed by atoms with Gasteiger partial charge in [0.2, 0.25) is 5.91 Å². The summed E-state index contributed by atoms with van der Waals surface area (Å²) in [4.78, 5) is 12.6. The van der Waals surface area contributed by atoms with Gasteiger partial charge in [-0.05, 0) is 18.5 Å². The first kappa shape index (κ1) is 15.7. The minimum atomic E-state index is -0.490. The van der Waals surface area contributed by atoms with E-state index in [1.165, 1.54) is 5.56 Å². The van der Waals surface area contributed by atoms with Crippen LogP contribution >= 0.6 is 0 Å². The molecule has 1 aliphatic rings. The lowest BCUT2D eigenvalue weighted by Gasteiger charge is -2.25. The zero-order valence-electron chi connectivity index (χ0n) is 13.3. The van der Waals surface area contributed by atoms with Crippen LogP contribution in [0.2, 0.25) is 0 Å². The number of anilines is 1. The molecule has 1 fully saturated rings. The zero-order chi connectivity index (χ0) is 16.1. The minimum absolute atomic E-state index is 0.0105. The molecule has 2 N–H and O–H groups in total. The maximum Gasteiger partial charge on any atom is 0.234 e. The van der Waals surface area contributed by atoms with Crippen molar-refractivity contribution in [3.63, 3.8) is 0 Å². The van der Waals surface area contributed by atoms with E-state index in [1.54, 1.807) is 13.3 Å². The molecule has 1 aromatic heterocycles. The number of hydrogen-bond donors (Lipinski definition) is 2. The molecule has 1 aliphatic heterocycles. The lowest BCUT2D eigenvalue weighted by atomic mass is 9.87. The molecule has 0 bridgehead atoms. The summed E-state index contributed by atoms with van der Waals surface area (Å²) >= 11 is 0. The van der Waals surface area contributed by atoms with Gasteiger partial charge in [0.15, 0.2) is 0 Å². The van der Waals surface area contributed by atoms with Crippen LogP contribution in [-0.2, 0) is 16.1 Å². The second-order valence-electron chi connectivity index (χ2n) is 6.01. The van der Waals surface area contributed by atoms with Gasteiger partial charge in [0.25, 0.3) is 0 Å². The Hall–Kier alpha value is -2.18. The zero-order valence-corrected chi connectivity index (χ0v) is 13.3. The summed E-state index contributed by atoms with van der Waals surface area (Å²) in [6.45, 7) is 2.58. The molecule has 1 aromatic carbocycles. The fourth-order valence-electron chi connectivity index (χ4n) is 2.95. The highest BCUT2D eigenvalue weighted by Crippen LogP contribution is 2.27. The van der Waals surface area contributed by atoms with Crippen LogP contribution in [0, 0.1) is 5.41 Å². The lowest BCUT2D eigenvalue weighted by molar-refractivity contribution is -0.127. The monoisotopic (exact) mass is 314 g/mol. The Morgan fingerprint density at radius 3 is 2.96 bits per heavy atom. The second kappa shape index (κ2) is 6.93. The van der Waals surface area contributed by atoms with Crippen LogP contribution in [0.3, 0.4) is 0 Å². The molecule has 6 heteroatoms. The van der Waals surface area contributed by atoms with E-state index in [0.29, 0.717) is 25.4 Å². The van der Waals surface area contributed by atoms with Crippen molar-refractivity contribution >= 4 is 11.6 Å². The first-order valence-corrected chi connectivity index (χ1v) is 7.79. The van der Waals surface area contributed by atoms with Crippen molar-refractivity contribution in [2.45, 2.75) is 13.0 Å². The summed E-state index contributed by atoms with van der Waals surface area (Å²) in [6, 6.07) is 10.1. The molecule has 2 aromatic rings. The average molecular weight is 314 g/mol. The molecule has 3 rings (SSSR count). The molecule has 122 valence electrons. The Kier molecular flexibility index (Phi) is 4.73. The quantitative estimate of drug-likeness (QED) is 0.848. The predicted molar refractivity (Wildman–Crippen MR) is 88.2 cm³/mol. The van der Waals surface area contributed by atoms with Crippen molar-refractivity contribution in [2.75, 3.05) is 32.1 Å². The molecule has 1 atom stereocenters. The summed E-state index contributed by atoms with van der Waals surface area (Å²) in [7, 11) is 1.63. The molecule has 2 heterocycles. The summed E-state index contributed by atoms with van der Waals surface area (Å²) < 4.78 is 7.07. The summed E-state index contributed by atoms with van der Waals surface area (Å²) in [5, 5.41) is 10.5. The van der Waals surface area contributed by atoms with Crippen LogP contribution < -0.4 is 10.6 Å². The van der Waals surface area contributed by atoms with E-state index in [9.17, 15) is 4.79 Å². The van der Waals surface area contributed by atoms with Gasteiger partial charge in [-0.15, -0.1) is 0 Å². The van der Waals surface area contributed by atoms with Gasteiger partial charge in [-0.2, -0.15) is 5.10 Å². The van der Waals surface area contributed by atoms with Crippen LogP contribution in [0.15, 0.2) is 42.7 Å². The van der Waals surface area contributed by atoms with Gasteiger partial charge < -0.3 is 15.4 Å². The van der Waals surface area contributed by atoms with E-state index < -0.39 is 5.41 Å². The SMILES string of the molecule is COCC1(C(=O)Nc2cnn(Cc3ccccc3)c2)CCNC1. The second-order valence-corrected chi connectivity index (χ2v) is 6.01. The molecule has 1 saturated heterocycles. The maximum absolute atomic E-state index is 12.6. The molecule has 6 nitrogen and oxygen atoms in total. The number of methoxy groups -OCH3 is 1. The standard InChI is InChI=1S/C17H22N4O2/c1-23-13-17(7-8-18-12-17)16(22)20-15-9-19-21(11-15)10-14-5-3-2-4-6-14/h2-6,9,11,18H,7-8,10,12-13H2,1H3,(H,20,22). The third-order valence-electron chi connectivity index (χ3n) is 4.22. The molecular weight excluding hydrogens is 292 g/mol. The van der Waals surface area contributed by atoms with E-state index in [0.717, 1.165) is 13.0 Å². The van der Waals surface area contributed by atoms with Crippen LogP contribution in [0.5, 0.6) is 0 Å². The van der Waals surface area contributed by atoms with E-state index in [-0.39, 0.29) is 5.91 Å². The third kappa shape index (κ3) is 3.60. The predicted octanol–water partition coefficient (Wildman–Crippen LogP) is 1.50. The molecule has 0 saturated carbocycles. The van der Waals surface area contributed by atoms with Gasteiger partial charge >= 0.3 is 0 Å². The Morgan fingerprint density at radius 1 is 1.43 bits per heavy atom. The van der Waals surface area contributed by atoms with Crippen molar-refractivity contribution in [3.8, 4) is 0 Å². The van der Waals surface area contributed by atoms with Crippen molar-refractivity contribution < 1.29 is 9.53 Å². The number of carbonyl (C=O) groups excluding carboxylic acids is 1. The summed E-state index contributed by atoms with van der Waals surface area (Å²) in [6.07, 6.45) is 4.32. The lowest BCUT2D eigenvalue weighted by Crippen LogP contribution is -2.41. The van der Waals surface area contributed by atoms with Gasteiger partial charge in [0.05, 0.1) is 30.5 Å². The van der Waals surface area contributed by atoms with Gasteiger partial charge in [-0.25, -0.2) is 0 Å². The van der Waals surface area contributed by atoms with Gasteiger partial charge in [-0.3, -0.25) is 9.48 Å². The van der Waals surface area contributed by atoms with Gasteiger partial charge in [0.1, 0.15) is 0 Å². The van der Waals surface area contributed by atoms with Crippen molar-refractivity contribution in [3.05, 3.63) is 48.3 Å². The highest BCUT2D eigenvalue weighted by atomic mass is 16.5. The van der Waals surface area contributed by atoms with Crippen molar-refractivity contribution in [1.82, 2.24) is 15.1 Å².